The lowest BCUT2D eigenvalue weighted by Crippen LogP contribution is -2.22. The van der Waals surface area contributed by atoms with E-state index >= 15 is 0 Å². The van der Waals surface area contributed by atoms with E-state index < -0.39 is 0 Å². The van der Waals surface area contributed by atoms with Gasteiger partial charge in [-0.15, -0.1) is 22.7 Å². The van der Waals surface area contributed by atoms with Gasteiger partial charge in [-0.25, -0.2) is 0 Å². The second kappa shape index (κ2) is 11.2. The van der Waals surface area contributed by atoms with Gasteiger partial charge in [-0.1, -0.05) is 97.1 Å². The highest BCUT2D eigenvalue weighted by molar-refractivity contribution is 7.26. The van der Waals surface area contributed by atoms with Crippen LogP contribution >= 0.6 is 22.7 Å². The summed E-state index contributed by atoms with van der Waals surface area (Å²) in [5.41, 5.74) is 11.5. The van der Waals surface area contributed by atoms with Crippen LogP contribution in [0.5, 0.6) is 0 Å². The predicted octanol–water partition coefficient (Wildman–Crippen LogP) is 15.1. The van der Waals surface area contributed by atoms with Crippen LogP contribution < -0.4 is 4.90 Å². The second-order valence-corrected chi connectivity index (χ2v) is 16.8. The molecule has 0 radical (unpaired) electrons. The fraction of sp³-hybridized carbons (Fsp3) is 0.0400. The van der Waals surface area contributed by atoms with Crippen LogP contribution in [0.4, 0.5) is 17.1 Å². The molecular weight excluding hydrogens is 695 g/mol. The maximum atomic E-state index is 6.56. The molecule has 3 aromatic heterocycles. The van der Waals surface area contributed by atoms with E-state index in [0.717, 1.165) is 39.0 Å². The quantitative estimate of drug-likeness (QED) is 0.180. The van der Waals surface area contributed by atoms with Crippen LogP contribution in [0.25, 0.3) is 73.4 Å². The highest BCUT2D eigenvalue weighted by atomic mass is 32.1. The summed E-state index contributed by atoms with van der Waals surface area (Å²) in [6.07, 6.45) is 0. The van der Waals surface area contributed by atoms with Crippen molar-refractivity contribution in [2.24, 2.45) is 0 Å². The van der Waals surface area contributed by atoms with Crippen LogP contribution in [0.2, 0.25) is 0 Å². The lowest BCUT2D eigenvalue weighted by molar-refractivity contribution is 0.667. The minimum Gasteiger partial charge on any atom is -0.456 e. The number of anilines is 3. The van der Waals surface area contributed by atoms with Gasteiger partial charge in [0.05, 0.1) is 0 Å². The molecule has 254 valence electrons. The van der Waals surface area contributed by atoms with E-state index in [1.165, 1.54) is 68.2 Å². The molecule has 0 bridgehead atoms. The predicted molar refractivity (Wildman–Crippen MR) is 232 cm³/mol. The maximum absolute atomic E-state index is 6.56. The smallest absolute Gasteiger partial charge is 0.135 e. The lowest BCUT2D eigenvalue weighted by Gasteiger charge is -2.28. The normalized spacial score (nSPS) is 13.4. The molecule has 8 aromatic carbocycles. The zero-order valence-corrected chi connectivity index (χ0v) is 31.0. The van der Waals surface area contributed by atoms with Crippen molar-refractivity contribution in [2.45, 2.75) is 12.3 Å². The number of hydrogen-bond acceptors (Lipinski definition) is 4. The van der Waals surface area contributed by atoms with Crippen LogP contribution in [0.3, 0.4) is 0 Å². The molecule has 12 rings (SSSR count). The van der Waals surface area contributed by atoms with Crippen LogP contribution in [0.1, 0.15) is 23.6 Å². The molecule has 0 saturated heterocycles. The molecule has 1 aliphatic carbocycles. The Balaban J connectivity index is 1.07. The summed E-state index contributed by atoms with van der Waals surface area (Å²) in [4.78, 5) is 2.42. The van der Waals surface area contributed by atoms with E-state index in [9.17, 15) is 0 Å². The summed E-state index contributed by atoms with van der Waals surface area (Å²) in [6, 6.07) is 62.6. The molecule has 0 N–H and O–H groups in total. The molecule has 54 heavy (non-hydrogen) atoms. The van der Waals surface area contributed by atoms with Gasteiger partial charge in [0, 0.05) is 73.6 Å². The molecule has 0 unspecified atom stereocenters. The van der Waals surface area contributed by atoms with Crippen LogP contribution in [0, 0.1) is 0 Å². The SMILES string of the molecule is CC1(c2ccc3oc4ccc(N(c5ccc6c(c5)sc5ccccc56)c5ccc6sc7ccccc7c6c5)cc4c3c2)c2ccccc2-c2ccccc21. The summed E-state index contributed by atoms with van der Waals surface area (Å²) in [5, 5.41) is 7.43. The van der Waals surface area contributed by atoms with Crippen molar-refractivity contribution in [3.63, 3.8) is 0 Å². The fourth-order valence-corrected chi connectivity index (χ4v) is 11.4. The Hall–Kier alpha value is -6.20. The zero-order valence-electron chi connectivity index (χ0n) is 29.3. The molecule has 4 heteroatoms. The van der Waals surface area contributed by atoms with Gasteiger partial charge in [-0.05, 0) is 108 Å². The van der Waals surface area contributed by atoms with Gasteiger partial charge in [0.15, 0.2) is 0 Å². The molecule has 3 heterocycles. The molecule has 0 spiro atoms. The number of furan rings is 1. The van der Waals surface area contributed by atoms with Crippen LogP contribution in [0.15, 0.2) is 174 Å². The summed E-state index contributed by atoms with van der Waals surface area (Å²) < 4.78 is 11.8. The summed E-state index contributed by atoms with van der Waals surface area (Å²) in [6.45, 7) is 2.38. The lowest BCUT2D eigenvalue weighted by atomic mass is 9.74. The van der Waals surface area contributed by atoms with Gasteiger partial charge < -0.3 is 9.32 Å². The van der Waals surface area contributed by atoms with E-state index in [-0.39, 0.29) is 5.41 Å². The molecule has 1 aliphatic rings. The van der Waals surface area contributed by atoms with E-state index in [0.29, 0.717) is 0 Å². The first kappa shape index (κ1) is 30.3. The van der Waals surface area contributed by atoms with Crippen molar-refractivity contribution in [3.8, 4) is 11.1 Å². The Kier molecular flexibility index (Phi) is 6.26. The average Bonchev–Trinajstić information content (AvgIpc) is 3.96. The highest BCUT2D eigenvalue weighted by Gasteiger charge is 2.40. The van der Waals surface area contributed by atoms with Gasteiger partial charge in [-0.3, -0.25) is 0 Å². The molecule has 0 fully saturated rings. The van der Waals surface area contributed by atoms with Crippen molar-refractivity contribution in [3.05, 3.63) is 187 Å². The number of benzene rings is 8. The topological polar surface area (TPSA) is 16.4 Å². The third kappa shape index (κ3) is 4.21. The third-order valence-corrected chi connectivity index (χ3v) is 14.0. The van der Waals surface area contributed by atoms with Gasteiger partial charge in [0.2, 0.25) is 0 Å². The van der Waals surface area contributed by atoms with Crippen molar-refractivity contribution < 1.29 is 4.42 Å². The molecule has 2 nitrogen and oxygen atoms in total. The van der Waals surface area contributed by atoms with Gasteiger partial charge in [-0.2, -0.15) is 0 Å². The number of nitrogens with zero attached hydrogens (tertiary/aromatic N) is 1. The molecule has 0 amide bonds. The van der Waals surface area contributed by atoms with Gasteiger partial charge in [0.25, 0.3) is 0 Å². The van der Waals surface area contributed by atoms with Crippen LogP contribution in [-0.4, -0.2) is 0 Å². The first-order valence-corrected chi connectivity index (χ1v) is 20.0. The average molecular weight is 726 g/mol. The summed E-state index contributed by atoms with van der Waals surface area (Å²) in [5.74, 6) is 0. The van der Waals surface area contributed by atoms with Crippen LogP contribution in [-0.2, 0) is 5.41 Å². The largest absolute Gasteiger partial charge is 0.456 e. The molecule has 0 aliphatic heterocycles. The standard InChI is InChI=1S/C50H31NOS2/c1-50(42-14-6-2-10-34(42)35-11-3-7-15-43(35)50)30-18-23-44-39(26-30)40-27-31(20-24-45(40)52-44)51(32-21-25-48-41(28-32)37-13-5-9-17-47(37)53-48)33-19-22-38-36-12-4-8-16-46(36)54-49(38)29-33/h2-29H,1H3. The molecule has 11 aromatic rings. The minimum atomic E-state index is -0.285. The Morgan fingerprint density at radius 2 is 0.907 bits per heavy atom. The Bertz CT molecular complexity index is 3280. The first-order chi connectivity index (χ1) is 26.6. The number of hydrogen-bond donors (Lipinski definition) is 0. The minimum absolute atomic E-state index is 0.285. The first-order valence-electron chi connectivity index (χ1n) is 18.4. The van der Waals surface area contributed by atoms with E-state index in [1.807, 2.05) is 22.7 Å². The zero-order chi connectivity index (χ0) is 35.5. The van der Waals surface area contributed by atoms with Crippen molar-refractivity contribution in [1.29, 1.82) is 0 Å². The monoisotopic (exact) mass is 725 g/mol. The summed E-state index contributed by atoms with van der Waals surface area (Å²) >= 11 is 3.71. The van der Waals surface area contributed by atoms with Crippen molar-refractivity contribution in [2.75, 3.05) is 4.90 Å². The fourth-order valence-electron chi connectivity index (χ4n) is 9.13. The van der Waals surface area contributed by atoms with Gasteiger partial charge >= 0.3 is 0 Å². The molecule has 0 saturated carbocycles. The molecular formula is C50H31NOS2. The third-order valence-electron chi connectivity index (χ3n) is 11.7. The summed E-state index contributed by atoms with van der Waals surface area (Å²) in [7, 11) is 0. The number of fused-ring (bicyclic) bond motifs is 12. The van der Waals surface area contributed by atoms with E-state index in [4.69, 9.17) is 4.42 Å². The van der Waals surface area contributed by atoms with Crippen molar-refractivity contribution >= 4 is 102 Å². The maximum Gasteiger partial charge on any atom is 0.135 e. The highest BCUT2D eigenvalue weighted by Crippen LogP contribution is 2.53. The van der Waals surface area contributed by atoms with Gasteiger partial charge in [0.1, 0.15) is 11.2 Å². The van der Waals surface area contributed by atoms with E-state index in [1.54, 1.807) is 0 Å². The number of rotatable bonds is 4. The number of thiophene rings is 2. The molecule has 0 atom stereocenters. The second-order valence-electron chi connectivity index (χ2n) is 14.6. The Labute approximate surface area is 319 Å². The Morgan fingerprint density at radius 3 is 1.65 bits per heavy atom. The van der Waals surface area contributed by atoms with Crippen molar-refractivity contribution in [1.82, 2.24) is 0 Å². The van der Waals surface area contributed by atoms with E-state index in [2.05, 4.69) is 182 Å². The Morgan fingerprint density at radius 1 is 0.407 bits per heavy atom.